The molecule has 3 aromatic carbocycles. The minimum atomic E-state index is 0.251. The van der Waals surface area contributed by atoms with Crippen LogP contribution in [0.2, 0.25) is 0 Å². The molecule has 0 atom stereocenters. The van der Waals surface area contributed by atoms with E-state index in [1.807, 2.05) is 54.7 Å². The molecule has 0 bridgehead atoms. The van der Waals surface area contributed by atoms with Crippen LogP contribution in [0.15, 0.2) is 97.3 Å². The summed E-state index contributed by atoms with van der Waals surface area (Å²) in [5.41, 5.74) is 5.98. The third kappa shape index (κ3) is 2.35. The number of hydrogen-bond donors (Lipinski definition) is 0. The van der Waals surface area contributed by atoms with E-state index in [1.54, 1.807) is 0 Å². The van der Waals surface area contributed by atoms with E-state index in [0.717, 1.165) is 44.1 Å². The zero-order valence-corrected chi connectivity index (χ0v) is 14.1. The second-order valence-corrected chi connectivity index (χ2v) is 6.25. The minimum absolute atomic E-state index is 0.251. The van der Waals surface area contributed by atoms with Gasteiger partial charge in [-0.3, -0.25) is 9.97 Å². The van der Waals surface area contributed by atoms with Crippen molar-refractivity contribution in [3.8, 4) is 22.3 Å². The second-order valence-electron chi connectivity index (χ2n) is 6.25. The molecule has 2 heterocycles. The zero-order chi connectivity index (χ0) is 18.2. The Kier molecular flexibility index (Phi) is 3.21. The summed E-state index contributed by atoms with van der Waals surface area (Å²) >= 11 is 0. The summed E-state index contributed by atoms with van der Waals surface area (Å²) in [5.74, 6) is 0. The van der Waals surface area contributed by atoms with Gasteiger partial charge in [0.25, 0.3) is 0 Å². The average Bonchev–Trinajstić information content (AvgIpc) is 2.74. The molecular formula is C24H16N2. The Balaban J connectivity index is 1.86. The first-order chi connectivity index (χ1) is 13.3. The van der Waals surface area contributed by atoms with Gasteiger partial charge in [-0.15, -0.1) is 0 Å². The molecule has 0 amide bonds. The molecule has 0 aliphatic carbocycles. The van der Waals surface area contributed by atoms with Gasteiger partial charge < -0.3 is 0 Å². The summed E-state index contributed by atoms with van der Waals surface area (Å²) < 4.78 is 8.22. The number of hydrogen-bond acceptors (Lipinski definition) is 2. The van der Waals surface area contributed by atoms with Crippen LogP contribution < -0.4 is 0 Å². The minimum Gasteiger partial charge on any atom is -0.254 e. The lowest BCUT2D eigenvalue weighted by Gasteiger charge is -2.11. The van der Waals surface area contributed by atoms with E-state index in [4.69, 9.17) is 1.37 Å². The third-order valence-corrected chi connectivity index (χ3v) is 4.73. The van der Waals surface area contributed by atoms with Gasteiger partial charge >= 0.3 is 0 Å². The van der Waals surface area contributed by atoms with Crippen LogP contribution in [0.4, 0.5) is 0 Å². The fourth-order valence-electron chi connectivity index (χ4n) is 3.50. The van der Waals surface area contributed by atoms with Crippen LogP contribution in [-0.2, 0) is 0 Å². The molecule has 0 fully saturated rings. The van der Waals surface area contributed by atoms with E-state index in [-0.39, 0.29) is 6.17 Å². The van der Waals surface area contributed by atoms with E-state index in [1.165, 1.54) is 0 Å². The van der Waals surface area contributed by atoms with Crippen molar-refractivity contribution < 1.29 is 1.37 Å². The van der Waals surface area contributed by atoms with Gasteiger partial charge in [-0.1, -0.05) is 72.8 Å². The maximum absolute atomic E-state index is 8.22. The van der Waals surface area contributed by atoms with Gasteiger partial charge in [0.2, 0.25) is 0 Å². The van der Waals surface area contributed by atoms with Crippen molar-refractivity contribution in [3.63, 3.8) is 0 Å². The van der Waals surface area contributed by atoms with Crippen LogP contribution in [0.25, 0.3) is 44.1 Å². The van der Waals surface area contributed by atoms with Crippen molar-refractivity contribution in [1.29, 1.82) is 0 Å². The highest BCUT2D eigenvalue weighted by Gasteiger charge is 2.11. The van der Waals surface area contributed by atoms with Crippen LogP contribution in [0.3, 0.4) is 0 Å². The summed E-state index contributed by atoms with van der Waals surface area (Å²) in [6, 6.07) is 28.5. The third-order valence-electron chi connectivity index (χ3n) is 4.73. The maximum atomic E-state index is 8.22. The van der Waals surface area contributed by atoms with E-state index in [2.05, 4.69) is 46.4 Å². The fourth-order valence-corrected chi connectivity index (χ4v) is 3.50. The maximum Gasteiger partial charge on any atom is 0.0970 e. The molecule has 5 rings (SSSR count). The van der Waals surface area contributed by atoms with Crippen LogP contribution in [0.1, 0.15) is 1.37 Å². The van der Waals surface area contributed by atoms with Gasteiger partial charge in [0.1, 0.15) is 0 Å². The van der Waals surface area contributed by atoms with E-state index in [9.17, 15) is 0 Å². The highest BCUT2D eigenvalue weighted by Crippen LogP contribution is 2.34. The Morgan fingerprint density at radius 3 is 1.69 bits per heavy atom. The summed E-state index contributed by atoms with van der Waals surface area (Å²) in [5, 5.41) is 2.07. The quantitative estimate of drug-likeness (QED) is 0.364. The summed E-state index contributed by atoms with van der Waals surface area (Å²) in [6.07, 6.45) is 2.07. The molecular weight excluding hydrogens is 316 g/mol. The zero-order valence-electron chi connectivity index (χ0n) is 15.1. The molecule has 0 spiro atoms. The monoisotopic (exact) mass is 333 g/mol. The molecule has 2 nitrogen and oxygen atoms in total. The Bertz CT molecular complexity index is 1270. The number of fused-ring (bicyclic) bond motifs is 3. The van der Waals surface area contributed by atoms with Crippen LogP contribution in [-0.4, -0.2) is 9.97 Å². The molecule has 5 aromatic rings. The van der Waals surface area contributed by atoms with Crippen molar-refractivity contribution in [3.05, 3.63) is 97.3 Å². The van der Waals surface area contributed by atoms with Gasteiger partial charge in [0.05, 0.1) is 12.4 Å². The normalized spacial score (nSPS) is 11.6. The summed E-state index contributed by atoms with van der Waals surface area (Å²) in [6.45, 7) is 0. The van der Waals surface area contributed by atoms with Crippen molar-refractivity contribution >= 4 is 21.8 Å². The first-order valence-electron chi connectivity index (χ1n) is 9.11. The molecule has 0 radical (unpaired) electrons. The Morgan fingerprint density at radius 1 is 0.538 bits per heavy atom. The molecule has 26 heavy (non-hydrogen) atoms. The number of pyridine rings is 2. The van der Waals surface area contributed by atoms with Crippen molar-refractivity contribution in [1.82, 2.24) is 9.97 Å². The number of benzene rings is 3. The lowest BCUT2D eigenvalue weighted by molar-refractivity contribution is 1.37. The standard InChI is InChI=1S/C24H16N2/c1-3-7-17(8-4-1)19-13-15-25-23-21(19)11-12-22-20(14-16-26-24(22)23)18-9-5-2-6-10-18/h1-16H/i15D. The molecule has 0 saturated heterocycles. The topological polar surface area (TPSA) is 25.8 Å². The van der Waals surface area contributed by atoms with Crippen LogP contribution in [0.5, 0.6) is 0 Å². The smallest absolute Gasteiger partial charge is 0.0970 e. The molecule has 122 valence electrons. The van der Waals surface area contributed by atoms with Gasteiger partial charge in [0.15, 0.2) is 0 Å². The SMILES string of the molecule is [2H]c1cc(-c2ccccc2)c2ccc3c(-c4ccccc4)ccnc3c2n1. The Labute approximate surface area is 153 Å². The van der Waals surface area contributed by atoms with E-state index < -0.39 is 0 Å². The largest absolute Gasteiger partial charge is 0.254 e. The number of nitrogens with zero attached hydrogens (tertiary/aromatic N) is 2. The molecule has 0 aliphatic rings. The van der Waals surface area contributed by atoms with Crippen molar-refractivity contribution in [2.75, 3.05) is 0 Å². The Morgan fingerprint density at radius 2 is 1.08 bits per heavy atom. The van der Waals surface area contributed by atoms with Gasteiger partial charge in [-0.2, -0.15) is 0 Å². The van der Waals surface area contributed by atoms with E-state index >= 15 is 0 Å². The molecule has 2 aromatic heterocycles. The molecule has 0 saturated carbocycles. The van der Waals surface area contributed by atoms with Gasteiger partial charge in [-0.05, 0) is 34.4 Å². The molecule has 2 heteroatoms. The van der Waals surface area contributed by atoms with Crippen molar-refractivity contribution in [2.24, 2.45) is 0 Å². The highest BCUT2D eigenvalue weighted by atomic mass is 14.7. The predicted octanol–water partition coefficient (Wildman–Crippen LogP) is 6.12. The predicted molar refractivity (Wildman–Crippen MR) is 108 cm³/mol. The lowest BCUT2D eigenvalue weighted by Crippen LogP contribution is -1.90. The summed E-state index contributed by atoms with van der Waals surface area (Å²) in [7, 11) is 0. The lowest BCUT2D eigenvalue weighted by atomic mass is 9.97. The average molecular weight is 333 g/mol. The highest BCUT2D eigenvalue weighted by molar-refractivity contribution is 6.11. The second kappa shape index (κ2) is 6.08. The van der Waals surface area contributed by atoms with Gasteiger partial charge in [-0.25, -0.2) is 0 Å². The number of rotatable bonds is 2. The van der Waals surface area contributed by atoms with Gasteiger partial charge in [0, 0.05) is 23.1 Å². The van der Waals surface area contributed by atoms with Crippen molar-refractivity contribution in [2.45, 2.75) is 0 Å². The van der Waals surface area contributed by atoms with Crippen LogP contribution >= 0.6 is 0 Å². The first-order valence-corrected chi connectivity index (χ1v) is 8.61. The molecule has 0 aliphatic heterocycles. The molecule has 0 N–H and O–H groups in total. The number of aromatic nitrogens is 2. The van der Waals surface area contributed by atoms with Crippen LogP contribution in [0, 0.1) is 0 Å². The first kappa shape index (κ1) is 13.7. The molecule has 0 unspecified atom stereocenters. The Hall–Kier alpha value is -3.52. The summed E-state index contributed by atoms with van der Waals surface area (Å²) in [4.78, 5) is 9.15. The van der Waals surface area contributed by atoms with E-state index in [0.29, 0.717) is 0 Å². The fraction of sp³-hybridized carbons (Fsp3) is 0.